The Bertz CT molecular complexity index is 948. The van der Waals surface area contributed by atoms with Gasteiger partial charge in [-0.3, -0.25) is 15.1 Å². The summed E-state index contributed by atoms with van der Waals surface area (Å²) in [5.74, 6) is 0.594. The minimum absolute atomic E-state index is 0.0354. The largest absolute Gasteiger partial charge is 0.326 e. The summed E-state index contributed by atoms with van der Waals surface area (Å²) in [6.45, 7) is 0. The number of nitro groups is 1. The van der Waals surface area contributed by atoms with Crippen molar-refractivity contribution >= 4 is 33.8 Å². The molecule has 0 spiro atoms. The fourth-order valence-corrected chi connectivity index (χ4v) is 2.73. The lowest BCUT2D eigenvalue weighted by Crippen LogP contribution is -2.33. The molecular formula is C19H18N4O2. The van der Waals surface area contributed by atoms with E-state index >= 15 is 0 Å². The number of nitrogens with one attached hydrogen (secondary N) is 1. The molecule has 0 saturated heterocycles. The smallest absolute Gasteiger partial charge is 0.271 e. The monoisotopic (exact) mass is 334 g/mol. The Hall–Kier alpha value is -3.41. The average molecular weight is 334 g/mol. The highest BCUT2D eigenvalue weighted by Crippen LogP contribution is 2.26. The van der Waals surface area contributed by atoms with Crippen LogP contribution in [0.15, 0.2) is 71.7 Å². The molecule has 6 nitrogen and oxygen atoms in total. The maximum absolute atomic E-state index is 10.9. The van der Waals surface area contributed by atoms with E-state index in [4.69, 9.17) is 0 Å². The molecule has 0 aliphatic heterocycles. The Morgan fingerprint density at radius 2 is 1.80 bits per heavy atom. The van der Waals surface area contributed by atoms with E-state index in [1.165, 1.54) is 12.1 Å². The summed E-state index contributed by atoms with van der Waals surface area (Å²) in [5.41, 5.74) is 1.65. The third-order valence-corrected chi connectivity index (χ3v) is 3.97. The Morgan fingerprint density at radius 3 is 2.56 bits per heavy atom. The van der Waals surface area contributed by atoms with Gasteiger partial charge < -0.3 is 10.2 Å². The van der Waals surface area contributed by atoms with E-state index in [9.17, 15) is 10.1 Å². The van der Waals surface area contributed by atoms with Crippen LogP contribution in [0.25, 0.3) is 10.8 Å². The van der Waals surface area contributed by atoms with E-state index in [-0.39, 0.29) is 5.69 Å². The molecule has 0 saturated carbocycles. The minimum Gasteiger partial charge on any atom is -0.326 e. The van der Waals surface area contributed by atoms with Crippen molar-refractivity contribution in [3.63, 3.8) is 0 Å². The summed E-state index contributed by atoms with van der Waals surface area (Å²) < 4.78 is 0. The fourth-order valence-electron chi connectivity index (χ4n) is 2.73. The molecule has 3 aromatic carbocycles. The van der Waals surface area contributed by atoms with E-state index in [1.54, 1.807) is 19.2 Å². The van der Waals surface area contributed by atoms with E-state index in [0.29, 0.717) is 11.6 Å². The van der Waals surface area contributed by atoms with Crippen molar-refractivity contribution in [3.05, 3.63) is 76.8 Å². The van der Waals surface area contributed by atoms with Crippen LogP contribution in [0.4, 0.5) is 17.1 Å². The molecule has 0 unspecified atom stereocenters. The van der Waals surface area contributed by atoms with Crippen molar-refractivity contribution in [1.29, 1.82) is 0 Å². The molecule has 0 aromatic heterocycles. The van der Waals surface area contributed by atoms with Gasteiger partial charge in [0.05, 0.1) is 10.6 Å². The zero-order valence-electron chi connectivity index (χ0n) is 14.0. The maximum atomic E-state index is 10.9. The van der Waals surface area contributed by atoms with Crippen LogP contribution in [0, 0.1) is 10.1 Å². The first-order valence-corrected chi connectivity index (χ1v) is 7.80. The van der Waals surface area contributed by atoms with Gasteiger partial charge in [-0.2, -0.15) is 0 Å². The Morgan fingerprint density at radius 1 is 1.08 bits per heavy atom. The first-order valence-electron chi connectivity index (χ1n) is 7.80. The summed E-state index contributed by atoms with van der Waals surface area (Å²) in [6, 6.07) is 20.6. The molecule has 0 fully saturated rings. The number of fused-ring (bicyclic) bond motifs is 1. The number of rotatable bonds is 3. The Kier molecular flexibility index (Phi) is 4.61. The second-order valence-corrected chi connectivity index (χ2v) is 5.54. The van der Waals surface area contributed by atoms with Crippen LogP contribution in [0.3, 0.4) is 0 Å². The molecule has 0 aliphatic rings. The van der Waals surface area contributed by atoms with Crippen molar-refractivity contribution in [2.45, 2.75) is 0 Å². The molecule has 3 rings (SSSR count). The number of hydrogen-bond donors (Lipinski definition) is 1. The van der Waals surface area contributed by atoms with Crippen LogP contribution >= 0.6 is 0 Å². The highest BCUT2D eigenvalue weighted by Gasteiger charge is 2.13. The summed E-state index contributed by atoms with van der Waals surface area (Å²) in [7, 11) is 3.59. The highest BCUT2D eigenvalue weighted by molar-refractivity contribution is 6.10. The molecule has 6 heteroatoms. The van der Waals surface area contributed by atoms with Gasteiger partial charge in [-0.1, -0.05) is 42.5 Å². The van der Waals surface area contributed by atoms with Gasteiger partial charge in [0, 0.05) is 37.3 Å². The van der Waals surface area contributed by atoms with Crippen molar-refractivity contribution in [2.75, 3.05) is 24.3 Å². The van der Waals surface area contributed by atoms with Crippen molar-refractivity contribution in [3.8, 4) is 0 Å². The summed E-state index contributed by atoms with van der Waals surface area (Å²) in [6.07, 6.45) is 0. The van der Waals surface area contributed by atoms with Gasteiger partial charge in [0.2, 0.25) is 5.96 Å². The molecule has 0 amide bonds. The lowest BCUT2D eigenvalue weighted by Gasteiger charge is -2.23. The van der Waals surface area contributed by atoms with E-state index < -0.39 is 4.92 Å². The van der Waals surface area contributed by atoms with E-state index in [0.717, 1.165) is 16.5 Å². The number of nitrogens with zero attached hydrogens (tertiary/aromatic N) is 3. The SMILES string of the molecule is CN=C(Nc1cccc([N+](=O)[O-])c1)N(C)c1cccc2ccccc12. The van der Waals surface area contributed by atoms with Gasteiger partial charge in [-0.15, -0.1) is 0 Å². The Labute approximate surface area is 145 Å². The zero-order chi connectivity index (χ0) is 17.8. The maximum Gasteiger partial charge on any atom is 0.271 e. The molecule has 0 heterocycles. The Balaban J connectivity index is 1.93. The first-order chi connectivity index (χ1) is 12.1. The van der Waals surface area contributed by atoms with Gasteiger partial charge in [-0.05, 0) is 17.5 Å². The van der Waals surface area contributed by atoms with Gasteiger partial charge in [0.25, 0.3) is 5.69 Å². The summed E-state index contributed by atoms with van der Waals surface area (Å²) in [4.78, 5) is 16.8. The zero-order valence-corrected chi connectivity index (χ0v) is 14.0. The molecule has 126 valence electrons. The second kappa shape index (κ2) is 7.00. The molecular weight excluding hydrogens is 316 g/mol. The molecule has 3 aromatic rings. The van der Waals surface area contributed by atoms with Gasteiger partial charge in [0.15, 0.2) is 0 Å². The third kappa shape index (κ3) is 3.42. The van der Waals surface area contributed by atoms with Crippen LogP contribution in [0.1, 0.15) is 0 Å². The van der Waals surface area contributed by atoms with Crippen LogP contribution in [-0.4, -0.2) is 25.0 Å². The third-order valence-electron chi connectivity index (χ3n) is 3.97. The van der Waals surface area contributed by atoms with Crippen LogP contribution in [0.2, 0.25) is 0 Å². The van der Waals surface area contributed by atoms with Crippen molar-refractivity contribution < 1.29 is 4.92 Å². The number of aliphatic imine (C=N–C) groups is 1. The number of guanidine groups is 1. The number of non-ortho nitro benzene ring substituents is 1. The average Bonchev–Trinajstić information content (AvgIpc) is 2.65. The molecule has 0 radical (unpaired) electrons. The van der Waals surface area contributed by atoms with E-state index in [2.05, 4.69) is 28.5 Å². The molecule has 0 atom stereocenters. The van der Waals surface area contributed by atoms with Crippen molar-refractivity contribution in [1.82, 2.24) is 0 Å². The van der Waals surface area contributed by atoms with Gasteiger partial charge >= 0.3 is 0 Å². The van der Waals surface area contributed by atoms with Gasteiger partial charge in [0.1, 0.15) is 0 Å². The van der Waals surface area contributed by atoms with Crippen LogP contribution in [0.5, 0.6) is 0 Å². The standard InChI is InChI=1S/C19H18N4O2/c1-20-19(21-15-9-6-10-16(13-15)23(24)25)22(2)18-12-5-8-14-7-3-4-11-17(14)18/h3-13H,1-2H3,(H,20,21). The number of anilines is 2. The van der Waals surface area contributed by atoms with E-state index in [1.807, 2.05) is 36.2 Å². The lowest BCUT2D eigenvalue weighted by atomic mass is 10.1. The summed E-state index contributed by atoms with van der Waals surface area (Å²) in [5, 5.41) is 16.3. The predicted octanol–water partition coefficient (Wildman–Crippen LogP) is 4.28. The van der Waals surface area contributed by atoms with Crippen LogP contribution in [-0.2, 0) is 0 Å². The number of hydrogen-bond acceptors (Lipinski definition) is 3. The topological polar surface area (TPSA) is 70.8 Å². The second-order valence-electron chi connectivity index (χ2n) is 5.54. The van der Waals surface area contributed by atoms with Crippen molar-refractivity contribution in [2.24, 2.45) is 4.99 Å². The number of benzene rings is 3. The normalized spacial score (nSPS) is 11.4. The molecule has 0 aliphatic carbocycles. The highest BCUT2D eigenvalue weighted by atomic mass is 16.6. The number of nitro benzene ring substituents is 1. The quantitative estimate of drug-likeness (QED) is 0.336. The lowest BCUT2D eigenvalue weighted by molar-refractivity contribution is -0.384. The summed E-state index contributed by atoms with van der Waals surface area (Å²) >= 11 is 0. The molecule has 25 heavy (non-hydrogen) atoms. The predicted molar refractivity (Wildman–Crippen MR) is 102 cm³/mol. The minimum atomic E-state index is -0.414. The molecule has 0 bridgehead atoms. The van der Waals surface area contributed by atoms with Gasteiger partial charge in [-0.25, -0.2) is 0 Å². The van der Waals surface area contributed by atoms with Crippen LogP contribution < -0.4 is 10.2 Å². The first kappa shape index (κ1) is 16.4. The fraction of sp³-hybridized carbons (Fsp3) is 0.105. The molecule has 1 N–H and O–H groups in total.